The van der Waals surface area contributed by atoms with Gasteiger partial charge in [0.05, 0.1) is 11.4 Å². The Kier molecular flexibility index (Phi) is 6.04. The number of Topliss-reactive ketones (excluding diaryl/α,β-unsaturated/α-hetero) is 1. The maximum absolute atomic E-state index is 13.6. The second-order valence-corrected chi connectivity index (χ2v) is 10.2. The van der Waals surface area contributed by atoms with Gasteiger partial charge >= 0.3 is 0 Å². The van der Waals surface area contributed by atoms with Crippen LogP contribution in [0.3, 0.4) is 0 Å². The summed E-state index contributed by atoms with van der Waals surface area (Å²) in [6.45, 7) is 3.24. The lowest BCUT2D eigenvalue weighted by atomic mass is 9.81. The van der Waals surface area contributed by atoms with E-state index in [1.807, 2.05) is 6.07 Å². The molecule has 0 bridgehead atoms. The van der Waals surface area contributed by atoms with Crippen molar-refractivity contribution in [2.75, 3.05) is 6.61 Å². The van der Waals surface area contributed by atoms with Crippen LogP contribution < -0.4 is 10.5 Å². The number of nitrogens with one attached hydrogen (secondary N) is 1. The molecule has 3 heterocycles. The van der Waals surface area contributed by atoms with Crippen molar-refractivity contribution in [3.63, 3.8) is 0 Å². The minimum absolute atomic E-state index is 0.0145. The summed E-state index contributed by atoms with van der Waals surface area (Å²) in [5.74, 6) is -0.833. The summed E-state index contributed by atoms with van der Waals surface area (Å²) in [6, 6.07) is 14.4. The van der Waals surface area contributed by atoms with Gasteiger partial charge in [0.15, 0.2) is 5.78 Å². The number of ketones is 1. The van der Waals surface area contributed by atoms with Gasteiger partial charge in [-0.25, -0.2) is 9.37 Å². The largest absolute Gasteiger partial charge is 0.489 e. The van der Waals surface area contributed by atoms with E-state index < -0.39 is 22.7 Å². The van der Waals surface area contributed by atoms with Gasteiger partial charge in [-0.3, -0.25) is 9.59 Å². The summed E-state index contributed by atoms with van der Waals surface area (Å²) in [7, 11) is 0. The number of hydrogen-bond donors (Lipinski definition) is 3. The topological polar surface area (TPSA) is 118 Å². The minimum Gasteiger partial charge on any atom is -0.489 e. The van der Waals surface area contributed by atoms with E-state index in [1.54, 1.807) is 50.2 Å². The molecule has 0 unspecified atom stereocenters. The van der Waals surface area contributed by atoms with Gasteiger partial charge in [-0.2, -0.15) is 0 Å². The quantitative estimate of drug-likeness (QED) is 0.295. The molecule has 0 aliphatic carbocycles. The number of H-pyrrole nitrogens is 1. The highest BCUT2D eigenvalue weighted by atomic mass is 35.5. The number of ether oxygens (including phenoxy) is 1. The number of aromatic amines is 1. The van der Waals surface area contributed by atoms with Crippen molar-refractivity contribution in [1.82, 2.24) is 9.97 Å². The predicted molar refractivity (Wildman–Crippen MR) is 138 cm³/mol. The fraction of sp³-hybridized carbons (Fsp3) is 0.250. The van der Waals surface area contributed by atoms with Crippen LogP contribution in [0.25, 0.3) is 22.2 Å². The number of nitrogens with two attached hydrogens (primary N) is 1. The predicted octanol–water partition coefficient (Wildman–Crippen LogP) is 5.03. The number of primary amides is 1. The van der Waals surface area contributed by atoms with Crippen LogP contribution >= 0.6 is 11.6 Å². The Morgan fingerprint density at radius 1 is 1.24 bits per heavy atom. The van der Waals surface area contributed by atoms with E-state index in [9.17, 15) is 19.1 Å². The zero-order valence-corrected chi connectivity index (χ0v) is 21.0. The summed E-state index contributed by atoms with van der Waals surface area (Å²) in [6.07, 6.45) is 0.0728. The van der Waals surface area contributed by atoms with Crippen molar-refractivity contribution in [1.29, 1.82) is 0 Å². The first kappa shape index (κ1) is 24.9. The lowest BCUT2D eigenvalue weighted by Gasteiger charge is -2.25. The Hall–Kier alpha value is -3.75. The van der Waals surface area contributed by atoms with Crippen LogP contribution in [-0.2, 0) is 15.8 Å². The van der Waals surface area contributed by atoms with Gasteiger partial charge in [-0.05, 0) is 68.8 Å². The SMILES string of the molecule is C[C@](O)(CCC(=O)c1cc2c(Cl)cccc2[nH]1)c1cc2c(c(-c3ccc(F)cc3)n1)OC[C@]2(C)C(N)=O. The molecule has 0 saturated heterocycles. The molecule has 1 aliphatic heterocycles. The van der Waals surface area contributed by atoms with Crippen LogP contribution in [0.2, 0.25) is 5.02 Å². The molecule has 0 fully saturated rings. The van der Waals surface area contributed by atoms with Gasteiger partial charge in [0.1, 0.15) is 34.9 Å². The maximum atomic E-state index is 13.6. The van der Waals surface area contributed by atoms with Crippen molar-refractivity contribution < 1.29 is 23.8 Å². The lowest BCUT2D eigenvalue weighted by Crippen LogP contribution is -2.40. The molecule has 2 aromatic heterocycles. The van der Waals surface area contributed by atoms with Crippen molar-refractivity contribution >= 4 is 34.2 Å². The number of nitrogens with zero attached hydrogens (tertiary/aromatic N) is 1. The third kappa shape index (κ3) is 4.36. The Balaban J connectivity index is 1.49. The summed E-state index contributed by atoms with van der Waals surface area (Å²) in [5.41, 5.74) is 5.81. The fourth-order valence-corrected chi connectivity index (χ4v) is 4.78. The van der Waals surface area contributed by atoms with Gasteiger partial charge in [0.2, 0.25) is 5.91 Å². The second-order valence-electron chi connectivity index (χ2n) is 9.81. The lowest BCUT2D eigenvalue weighted by molar-refractivity contribution is -0.123. The van der Waals surface area contributed by atoms with E-state index >= 15 is 0 Å². The molecule has 4 N–H and O–H groups in total. The summed E-state index contributed by atoms with van der Waals surface area (Å²) >= 11 is 6.23. The van der Waals surface area contributed by atoms with Crippen LogP contribution in [0, 0.1) is 5.82 Å². The summed E-state index contributed by atoms with van der Waals surface area (Å²) < 4.78 is 19.4. The molecule has 1 amide bonds. The standard InChI is InChI=1S/C28H25ClFN3O4/c1-27(26(31)35)14-37-25-18(27)13-23(33-24(25)15-6-8-16(30)9-7-15)28(2,36)11-10-22(34)21-12-17-19(29)4-3-5-20(17)32-21/h3-9,12-13,32,36H,10-11,14H2,1-2H3,(H2,31,35)/t27-,28-/m0/s1. The van der Waals surface area contributed by atoms with E-state index in [0.29, 0.717) is 33.3 Å². The molecular weight excluding hydrogens is 497 g/mol. The molecule has 190 valence electrons. The number of benzene rings is 2. The Bertz CT molecular complexity index is 1550. The van der Waals surface area contributed by atoms with Gasteiger partial charge in [-0.1, -0.05) is 17.7 Å². The zero-order valence-electron chi connectivity index (χ0n) is 20.3. The second kappa shape index (κ2) is 8.97. The third-order valence-corrected chi connectivity index (χ3v) is 7.37. The highest BCUT2D eigenvalue weighted by Crippen LogP contribution is 2.46. The smallest absolute Gasteiger partial charge is 0.231 e. The number of rotatable bonds is 7. The average Bonchev–Trinajstić information content (AvgIpc) is 3.46. The third-order valence-electron chi connectivity index (χ3n) is 7.04. The van der Waals surface area contributed by atoms with Crippen molar-refractivity contribution in [3.8, 4) is 17.0 Å². The highest BCUT2D eigenvalue weighted by Gasteiger charge is 2.45. The molecule has 7 nitrogen and oxygen atoms in total. The first-order valence-electron chi connectivity index (χ1n) is 11.8. The van der Waals surface area contributed by atoms with Crippen LogP contribution in [-0.4, -0.2) is 33.4 Å². The number of halogens is 2. The molecule has 4 aromatic rings. The molecule has 9 heteroatoms. The van der Waals surface area contributed by atoms with E-state index in [-0.39, 0.29) is 30.9 Å². The number of pyridine rings is 1. The molecule has 1 aliphatic rings. The van der Waals surface area contributed by atoms with Crippen molar-refractivity contribution in [2.45, 2.75) is 37.7 Å². The van der Waals surface area contributed by atoms with E-state index in [0.717, 1.165) is 10.9 Å². The summed E-state index contributed by atoms with van der Waals surface area (Å²) in [5, 5.41) is 12.7. The van der Waals surface area contributed by atoms with Crippen LogP contribution in [0.5, 0.6) is 5.75 Å². The molecule has 5 rings (SSSR count). The normalized spacial score (nSPS) is 18.3. The molecule has 2 atom stereocenters. The van der Waals surface area contributed by atoms with E-state index in [1.165, 1.54) is 12.1 Å². The van der Waals surface area contributed by atoms with Gasteiger partial charge in [0.25, 0.3) is 0 Å². The van der Waals surface area contributed by atoms with E-state index in [4.69, 9.17) is 22.1 Å². The molecule has 0 spiro atoms. The number of aromatic nitrogens is 2. The average molecular weight is 522 g/mol. The van der Waals surface area contributed by atoms with Gasteiger partial charge < -0.3 is 20.6 Å². The molecule has 37 heavy (non-hydrogen) atoms. The Morgan fingerprint density at radius 3 is 2.65 bits per heavy atom. The Labute approximate surface area is 217 Å². The zero-order chi connectivity index (χ0) is 26.5. The number of carbonyl (C=O) groups excluding carboxylic acids is 2. The number of fused-ring (bicyclic) bond motifs is 2. The number of hydrogen-bond acceptors (Lipinski definition) is 5. The fourth-order valence-electron chi connectivity index (χ4n) is 4.55. The molecule has 0 radical (unpaired) electrons. The van der Waals surface area contributed by atoms with Gasteiger partial charge in [-0.15, -0.1) is 0 Å². The van der Waals surface area contributed by atoms with Crippen LogP contribution in [0.15, 0.2) is 54.6 Å². The number of carbonyl (C=O) groups is 2. The first-order chi connectivity index (χ1) is 17.5. The van der Waals surface area contributed by atoms with E-state index in [2.05, 4.69) is 9.97 Å². The van der Waals surface area contributed by atoms with Crippen LogP contribution in [0.4, 0.5) is 4.39 Å². The highest BCUT2D eigenvalue weighted by molar-refractivity contribution is 6.35. The summed E-state index contributed by atoms with van der Waals surface area (Å²) in [4.78, 5) is 33.1. The van der Waals surface area contributed by atoms with Crippen LogP contribution in [0.1, 0.15) is 48.4 Å². The minimum atomic E-state index is -1.54. The first-order valence-corrected chi connectivity index (χ1v) is 12.1. The molecule has 0 saturated carbocycles. The number of amides is 1. The van der Waals surface area contributed by atoms with Crippen molar-refractivity contribution in [3.05, 3.63) is 82.4 Å². The van der Waals surface area contributed by atoms with Crippen molar-refractivity contribution in [2.24, 2.45) is 5.73 Å². The maximum Gasteiger partial charge on any atom is 0.231 e. The Morgan fingerprint density at radius 2 is 1.97 bits per heavy atom. The monoisotopic (exact) mass is 521 g/mol. The molecule has 2 aromatic carbocycles. The molecular formula is C28H25ClFN3O4. The van der Waals surface area contributed by atoms with Gasteiger partial charge in [0, 0.05) is 33.5 Å². The number of aliphatic hydroxyl groups is 1.